The molecule has 0 aromatic heterocycles. The third-order valence-corrected chi connectivity index (χ3v) is 4.19. The Kier molecular flexibility index (Phi) is 4.84. The van der Waals surface area contributed by atoms with Crippen molar-refractivity contribution in [1.29, 1.82) is 0 Å². The molecule has 132 valence electrons. The summed E-state index contributed by atoms with van der Waals surface area (Å²) in [4.78, 5) is 24.9. The zero-order chi connectivity index (χ0) is 18.6. The van der Waals surface area contributed by atoms with Gasteiger partial charge in [0.25, 0.3) is 5.91 Å². The lowest BCUT2D eigenvalue weighted by Crippen LogP contribution is -2.40. The van der Waals surface area contributed by atoms with Crippen LogP contribution in [0.25, 0.3) is 6.08 Å². The predicted octanol–water partition coefficient (Wildman–Crippen LogP) is 3.16. The predicted molar refractivity (Wildman–Crippen MR) is 99.7 cm³/mol. The number of nitrogens with zero attached hydrogens (tertiary/aromatic N) is 2. The van der Waals surface area contributed by atoms with Crippen LogP contribution in [0, 0.1) is 0 Å². The minimum absolute atomic E-state index is 0.433. The molecule has 2 aromatic carbocycles. The number of amides is 3. The Morgan fingerprint density at radius 1 is 1.08 bits per heavy atom. The summed E-state index contributed by atoms with van der Waals surface area (Å²) in [6, 6.07) is 16.1. The van der Waals surface area contributed by atoms with Crippen molar-refractivity contribution in [3.8, 4) is 5.75 Å². The Hall–Kier alpha value is -3.41. The summed E-state index contributed by atoms with van der Waals surface area (Å²) < 4.78 is 5.12. The van der Waals surface area contributed by atoms with Gasteiger partial charge in [-0.3, -0.25) is 4.79 Å². The number of hydrogen-bond acceptors (Lipinski definition) is 4. The second-order valence-electron chi connectivity index (χ2n) is 5.93. The van der Waals surface area contributed by atoms with Gasteiger partial charge in [0.05, 0.1) is 7.11 Å². The topological polar surface area (TPSA) is 71.0 Å². The van der Waals surface area contributed by atoms with Crippen LogP contribution in [0.3, 0.4) is 0 Å². The van der Waals surface area contributed by atoms with E-state index in [-0.39, 0.29) is 0 Å². The minimum Gasteiger partial charge on any atom is -0.497 e. The van der Waals surface area contributed by atoms with Gasteiger partial charge < -0.3 is 10.1 Å². The summed E-state index contributed by atoms with van der Waals surface area (Å²) in [5.41, 5.74) is 0.498. The molecule has 0 radical (unpaired) electrons. The van der Waals surface area contributed by atoms with Gasteiger partial charge in [0.1, 0.15) is 11.3 Å². The van der Waals surface area contributed by atoms with Crippen LogP contribution < -0.4 is 10.1 Å². The molecule has 1 saturated heterocycles. The second-order valence-corrected chi connectivity index (χ2v) is 5.93. The van der Waals surface area contributed by atoms with Crippen molar-refractivity contribution < 1.29 is 14.3 Å². The lowest BCUT2D eigenvalue weighted by atomic mass is 9.92. The number of allylic oxidation sites excluding steroid dienone is 1. The minimum atomic E-state index is -1.16. The van der Waals surface area contributed by atoms with Gasteiger partial charge in [0, 0.05) is 6.21 Å². The third kappa shape index (κ3) is 3.35. The monoisotopic (exact) mass is 349 g/mol. The maximum absolute atomic E-state index is 12.7. The molecule has 1 heterocycles. The summed E-state index contributed by atoms with van der Waals surface area (Å²) in [6.45, 7) is 1.66. The molecule has 3 amide bonds. The highest BCUT2D eigenvalue weighted by Gasteiger charge is 2.49. The van der Waals surface area contributed by atoms with Crippen LogP contribution in [0.5, 0.6) is 5.75 Å². The largest absolute Gasteiger partial charge is 0.497 e. The average molecular weight is 349 g/mol. The molecule has 6 heteroatoms. The smallest absolute Gasteiger partial charge is 0.346 e. The second kappa shape index (κ2) is 7.23. The lowest BCUT2D eigenvalue weighted by Gasteiger charge is -2.21. The molecule has 2 aromatic rings. The summed E-state index contributed by atoms with van der Waals surface area (Å²) >= 11 is 0. The van der Waals surface area contributed by atoms with E-state index in [1.165, 1.54) is 6.21 Å². The number of hydrazone groups is 1. The van der Waals surface area contributed by atoms with E-state index in [0.29, 0.717) is 11.3 Å². The molecule has 0 saturated carbocycles. The number of imide groups is 1. The van der Waals surface area contributed by atoms with Gasteiger partial charge >= 0.3 is 6.03 Å². The van der Waals surface area contributed by atoms with E-state index in [4.69, 9.17) is 4.74 Å². The summed E-state index contributed by atoms with van der Waals surface area (Å²) in [6.07, 6.45) is 4.94. The number of urea groups is 1. The van der Waals surface area contributed by atoms with Crippen molar-refractivity contribution in [2.24, 2.45) is 5.10 Å². The molecule has 26 heavy (non-hydrogen) atoms. The van der Waals surface area contributed by atoms with Gasteiger partial charge in [0.2, 0.25) is 0 Å². The number of nitrogens with one attached hydrogen (secondary N) is 1. The highest BCUT2D eigenvalue weighted by Crippen LogP contribution is 2.30. The normalized spacial score (nSPS) is 20.2. The van der Waals surface area contributed by atoms with Gasteiger partial charge in [-0.25, -0.2) is 4.79 Å². The number of ether oxygens (including phenoxy) is 1. The number of benzene rings is 2. The van der Waals surface area contributed by atoms with Crippen molar-refractivity contribution in [1.82, 2.24) is 10.3 Å². The van der Waals surface area contributed by atoms with Crippen molar-refractivity contribution in [3.05, 3.63) is 71.8 Å². The van der Waals surface area contributed by atoms with Crippen LogP contribution in [-0.2, 0) is 10.3 Å². The first-order chi connectivity index (χ1) is 12.5. The van der Waals surface area contributed by atoms with E-state index < -0.39 is 17.5 Å². The molecule has 1 N–H and O–H groups in total. The lowest BCUT2D eigenvalue weighted by molar-refractivity contribution is -0.131. The SMILES string of the molecule is COc1ccc(C2(C)NC(=O)N(/N=C/C=C/c3ccccc3)C2=O)cc1. The summed E-state index contributed by atoms with van der Waals surface area (Å²) in [5.74, 6) is 0.243. The summed E-state index contributed by atoms with van der Waals surface area (Å²) in [5, 5.41) is 7.54. The van der Waals surface area contributed by atoms with Gasteiger partial charge in [-0.2, -0.15) is 5.10 Å². The molecular weight excluding hydrogens is 330 g/mol. The Bertz CT molecular complexity index is 860. The van der Waals surface area contributed by atoms with E-state index in [1.54, 1.807) is 44.4 Å². The van der Waals surface area contributed by atoms with Crippen LogP contribution in [0.1, 0.15) is 18.1 Å². The first-order valence-electron chi connectivity index (χ1n) is 8.11. The van der Waals surface area contributed by atoms with Gasteiger partial charge in [-0.05, 0) is 36.3 Å². The number of methoxy groups -OCH3 is 1. The molecule has 1 aliphatic heterocycles. The third-order valence-electron chi connectivity index (χ3n) is 4.19. The van der Waals surface area contributed by atoms with E-state index in [1.807, 2.05) is 36.4 Å². The van der Waals surface area contributed by atoms with E-state index in [9.17, 15) is 9.59 Å². The fraction of sp³-hybridized carbons (Fsp3) is 0.150. The fourth-order valence-corrected chi connectivity index (χ4v) is 2.67. The van der Waals surface area contributed by atoms with Crippen molar-refractivity contribution >= 4 is 24.2 Å². The van der Waals surface area contributed by atoms with Crippen LogP contribution >= 0.6 is 0 Å². The molecule has 0 aliphatic carbocycles. The molecule has 1 fully saturated rings. The maximum atomic E-state index is 12.7. The maximum Gasteiger partial charge on any atom is 0.346 e. The number of rotatable bonds is 5. The first kappa shape index (κ1) is 17.4. The Morgan fingerprint density at radius 3 is 2.42 bits per heavy atom. The Morgan fingerprint density at radius 2 is 1.77 bits per heavy atom. The van der Waals surface area contributed by atoms with Crippen molar-refractivity contribution in [3.63, 3.8) is 0 Å². The quantitative estimate of drug-likeness (QED) is 0.666. The highest BCUT2D eigenvalue weighted by atomic mass is 16.5. The van der Waals surface area contributed by atoms with E-state index >= 15 is 0 Å². The van der Waals surface area contributed by atoms with Crippen LogP contribution in [0.4, 0.5) is 4.79 Å². The summed E-state index contributed by atoms with van der Waals surface area (Å²) in [7, 11) is 1.57. The van der Waals surface area contributed by atoms with Crippen LogP contribution in [-0.4, -0.2) is 30.3 Å². The number of carbonyl (C=O) groups excluding carboxylic acids is 2. The molecule has 1 aliphatic rings. The van der Waals surface area contributed by atoms with Gasteiger partial charge in [-0.1, -0.05) is 48.5 Å². The molecule has 0 spiro atoms. The zero-order valence-corrected chi connectivity index (χ0v) is 14.5. The van der Waals surface area contributed by atoms with Crippen molar-refractivity contribution in [2.75, 3.05) is 7.11 Å². The molecule has 0 bridgehead atoms. The average Bonchev–Trinajstić information content (AvgIpc) is 2.89. The molecule has 6 nitrogen and oxygen atoms in total. The van der Waals surface area contributed by atoms with E-state index in [0.717, 1.165) is 10.6 Å². The number of carbonyl (C=O) groups is 2. The Balaban J connectivity index is 1.75. The van der Waals surface area contributed by atoms with Gasteiger partial charge in [-0.15, -0.1) is 5.01 Å². The van der Waals surface area contributed by atoms with Gasteiger partial charge in [0.15, 0.2) is 0 Å². The van der Waals surface area contributed by atoms with Crippen LogP contribution in [0.15, 0.2) is 65.8 Å². The molecule has 1 unspecified atom stereocenters. The van der Waals surface area contributed by atoms with Crippen LogP contribution in [0.2, 0.25) is 0 Å². The van der Waals surface area contributed by atoms with E-state index in [2.05, 4.69) is 10.4 Å². The zero-order valence-electron chi connectivity index (χ0n) is 14.5. The Labute approximate surface area is 151 Å². The van der Waals surface area contributed by atoms with Crippen molar-refractivity contribution in [2.45, 2.75) is 12.5 Å². The fourth-order valence-electron chi connectivity index (χ4n) is 2.67. The molecule has 1 atom stereocenters. The molecule has 3 rings (SSSR count). The highest BCUT2D eigenvalue weighted by molar-refractivity contribution is 6.07. The standard InChI is InChI=1S/C20H19N3O3/c1-20(16-10-12-17(26-2)13-11-16)18(24)23(19(25)22-20)21-14-6-9-15-7-4-3-5-8-15/h3-14H,1-2H3,(H,22,25)/b9-6+,21-14+. The molecular formula is C20H19N3O3. The number of hydrogen-bond donors (Lipinski definition) is 1. The first-order valence-corrected chi connectivity index (χ1v) is 8.11.